The molecule has 5 heteroatoms. The lowest BCUT2D eigenvalue weighted by atomic mass is 10.0. The molecule has 0 bridgehead atoms. The van der Waals surface area contributed by atoms with E-state index in [2.05, 4.69) is 5.32 Å². The predicted molar refractivity (Wildman–Crippen MR) is 80.5 cm³/mol. The number of likely N-dealkylation sites (N-methyl/N-ethyl adjacent to an activating group) is 1. The molecule has 0 fully saturated rings. The van der Waals surface area contributed by atoms with Crippen molar-refractivity contribution in [2.24, 2.45) is 5.92 Å². The van der Waals surface area contributed by atoms with Crippen LogP contribution >= 0.6 is 0 Å². The Bertz CT molecular complexity index is 318. The molecular formula is C15H30N2O3. The van der Waals surface area contributed by atoms with Crippen LogP contribution in [-0.4, -0.2) is 41.6 Å². The maximum atomic E-state index is 12.4. The Balaban J connectivity index is 4.80. The van der Waals surface area contributed by atoms with Crippen molar-refractivity contribution in [1.82, 2.24) is 10.2 Å². The third-order valence-electron chi connectivity index (χ3n) is 2.77. The Labute approximate surface area is 123 Å². The van der Waals surface area contributed by atoms with Crippen molar-refractivity contribution < 1.29 is 14.3 Å². The van der Waals surface area contributed by atoms with Crippen molar-refractivity contribution in [1.29, 1.82) is 0 Å². The molecule has 0 saturated carbocycles. The Morgan fingerprint density at radius 3 is 2.00 bits per heavy atom. The number of amides is 2. The van der Waals surface area contributed by atoms with Gasteiger partial charge in [-0.15, -0.1) is 0 Å². The molecular weight excluding hydrogens is 256 g/mol. The number of carbonyl (C=O) groups excluding carboxylic acids is 2. The quantitative estimate of drug-likeness (QED) is 0.817. The molecule has 20 heavy (non-hydrogen) atoms. The smallest absolute Gasteiger partial charge is 0.408 e. The lowest BCUT2D eigenvalue weighted by Crippen LogP contribution is -2.50. The zero-order valence-electron chi connectivity index (χ0n) is 13.9. The highest BCUT2D eigenvalue weighted by molar-refractivity contribution is 5.85. The number of nitrogens with one attached hydrogen (secondary N) is 1. The van der Waals surface area contributed by atoms with Gasteiger partial charge in [-0.05, 0) is 47.0 Å². The molecule has 1 unspecified atom stereocenters. The van der Waals surface area contributed by atoms with Crippen molar-refractivity contribution in [3.63, 3.8) is 0 Å². The zero-order chi connectivity index (χ0) is 15.9. The van der Waals surface area contributed by atoms with Gasteiger partial charge in [0.15, 0.2) is 0 Å². The molecule has 118 valence electrons. The Morgan fingerprint density at radius 1 is 1.15 bits per heavy atom. The molecule has 0 aliphatic heterocycles. The van der Waals surface area contributed by atoms with Gasteiger partial charge in [-0.1, -0.05) is 13.8 Å². The number of nitrogens with zero attached hydrogens (tertiary/aromatic N) is 1. The average Bonchev–Trinajstić information content (AvgIpc) is 2.26. The summed E-state index contributed by atoms with van der Waals surface area (Å²) in [5.41, 5.74) is -0.565. The fourth-order valence-electron chi connectivity index (χ4n) is 1.90. The van der Waals surface area contributed by atoms with Crippen molar-refractivity contribution in [2.45, 2.75) is 66.5 Å². The summed E-state index contributed by atoms with van der Waals surface area (Å²) in [6, 6.07) is -0.523. The van der Waals surface area contributed by atoms with E-state index in [4.69, 9.17) is 4.74 Å². The Hall–Kier alpha value is -1.26. The topological polar surface area (TPSA) is 58.6 Å². The summed E-state index contributed by atoms with van der Waals surface area (Å²) in [6.07, 6.45) is 0.0674. The second-order valence-corrected chi connectivity index (χ2v) is 6.34. The van der Waals surface area contributed by atoms with Crippen molar-refractivity contribution in [2.75, 3.05) is 13.1 Å². The van der Waals surface area contributed by atoms with E-state index in [0.717, 1.165) is 0 Å². The van der Waals surface area contributed by atoms with Gasteiger partial charge in [-0.2, -0.15) is 0 Å². The van der Waals surface area contributed by atoms with Gasteiger partial charge < -0.3 is 15.0 Å². The summed E-state index contributed by atoms with van der Waals surface area (Å²) in [4.78, 5) is 26.0. The number of hydrogen-bond donors (Lipinski definition) is 1. The van der Waals surface area contributed by atoms with Crippen molar-refractivity contribution in [3.05, 3.63) is 0 Å². The van der Waals surface area contributed by atoms with Crippen LogP contribution in [0.3, 0.4) is 0 Å². The fourth-order valence-corrected chi connectivity index (χ4v) is 1.90. The summed E-state index contributed by atoms with van der Waals surface area (Å²) in [5, 5.41) is 2.70. The van der Waals surface area contributed by atoms with Crippen LogP contribution in [0.4, 0.5) is 4.79 Å². The highest BCUT2D eigenvalue weighted by Crippen LogP contribution is 2.11. The van der Waals surface area contributed by atoms with E-state index >= 15 is 0 Å². The van der Waals surface area contributed by atoms with Crippen LogP contribution in [-0.2, 0) is 9.53 Å². The van der Waals surface area contributed by atoms with Gasteiger partial charge in [0.25, 0.3) is 0 Å². The largest absolute Gasteiger partial charge is 0.444 e. The Kier molecular flexibility index (Phi) is 7.61. The molecule has 1 N–H and O–H groups in total. The summed E-state index contributed by atoms with van der Waals surface area (Å²) in [6.45, 7) is 14.6. The molecule has 0 aromatic heterocycles. The van der Waals surface area contributed by atoms with Crippen LogP contribution in [0.2, 0.25) is 0 Å². The number of ether oxygens (including phenoxy) is 1. The molecule has 0 heterocycles. The van der Waals surface area contributed by atoms with Crippen LogP contribution in [0.5, 0.6) is 0 Å². The molecule has 0 rings (SSSR count). The molecule has 0 aliphatic carbocycles. The molecule has 0 radical (unpaired) electrons. The second-order valence-electron chi connectivity index (χ2n) is 6.34. The van der Waals surface area contributed by atoms with Crippen LogP contribution in [0.25, 0.3) is 0 Å². The van der Waals surface area contributed by atoms with Crippen LogP contribution in [0.15, 0.2) is 0 Å². The molecule has 5 nitrogen and oxygen atoms in total. The van der Waals surface area contributed by atoms with Crippen LogP contribution in [0.1, 0.15) is 54.9 Å². The molecule has 0 aromatic rings. The maximum Gasteiger partial charge on any atom is 0.408 e. The number of hydrogen-bond acceptors (Lipinski definition) is 3. The molecule has 0 spiro atoms. The highest BCUT2D eigenvalue weighted by atomic mass is 16.6. The summed E-state index contributed by atoms with van der Waals surface area (Å²) in [5.74, 6) is 0.268. The van der Waals surface area contributed by atoms with E-state index in [-0.39, 0.29) is 5.91 Å². The first kappa shape index (κ1) is 18.7. The highest BCUT2D eigenvalue weighted by Gasteiger charge is 2.27. The first-order chi connectivity index (χ1) is 9.10. The van der Waals surface area contributed by atoms with Gasteiger partial charge in [0, 0.05) is 13.1 Å². The second kappa shape index (κ2) is 8.12. The third kappa shape index (κ3) is 7.36. The van der Waals surface area contributed by atoms with E-state index in [1.54, 1.807) is 25.7 Å². The van der Waals surface area contributed by atoms with Crippen LogP contribution < -0.4 is 5.32 Å². The minimum Gasteiger partial charge on any atom is -0.444 e. The van der Waals surface area contributed by atoms with Gasteiger partial charge in [-0.25, -0.2) is 4.79 Å². The summed E-state index contributed by atoms with van der Waals surface area (Å²) < 4.78 is 5.23. The van der Waals surface area contributed by atoms with E-state index < -0.39 is 17.7 Å². The summed E-state index contributed by atoms with van der Waals surface area (Å²) >= 11 is 0. The molecule has 0 aromatic carbocycles. The third-order valence-corrected chi connectivity index (χ3v) is 2.77. The number of rotatable bonds is 6. The SMILES string of the molecule is CCN(CC)C(=O)C(CC(C)C)NC(=O)OC(C)(C)C. The summed E-state index contributed by atoms with van der Waals surface area (Å²) in [7, 11) is 0. The fraction of sp³-hybridized carbons (Fsp3) is 0.867. The standard InChI is InChI=1S/C15H30N2O3/c1-8-17(9-2)13(18)12(10-11(3)4)16-14(19)20-15(5,6)7/h11-12H,8-10H2,1-7H3,(H,16,19). The zero-order valence-corrected chi connectivity index (χ0v) is 13.9. The monoisotopic (exact) mass is 286 g/mol. The average molecular weight is 286 g/mol. The predicted octanol–water partition coefficient (Wildman–Crippen LogP) is 2.79. The first-order valence-corrected chi connectivity index (χ1v) is 7.39. The lowest BCUT2D eigenvalue weighted by Gasteiger charge is -2.28. The van der Waals surface area contributed by atoms with E-state index in [1.807, 2.05) is 27.7 Å². The maximum absolute atomic E-state index is 12.4. The van der Waals surface area contributed by atoms with Gasteiger partial charge in [0.05, 0.1) is 0 Å². The van der Waals surface area contributed by atoms with E-state index in [0.29, 0.717) is 25.4 Å². The van der Waals surface area contributed by atoms with E-state index in [1.165, 1.54) is 0 Å². The van der Waals surface area contributed by atoms with Crippen molar-refractivity contribution in [3.8, 4) is 0 Å². The first-order valence-electron chi connectivity index (χ1n) is 7.39. The normalized spacial score (nSPS) is 13.0. The van der Waals surface area contributed by atoms with Gasteiger partial charge in [-0.3, -0.25) is 4.79 Å². The van der Waals surface area contributed by atoms with Crippen LogP contribution in [0, 0.1) is 5.92 Å². The van der Waals surface area contributed by atoms with Gasteiger partial charge in [0.1, 0.15) is 11.6 Å². The minimum atomic E-state index is -0.565. The molecule has 2 amide bonds. The lowest BCUT2D eigenvalue weighted by molar-refractivity contribution is -0.133. The number of alkyl carbamates (subject to hydrolysis) is 1. The molecule has 0 aliphatic rings. The van der Waals surface area contributed by atoms with E-state index in [9.17, 15) is 9.59 Å². The molecule has 1 atom stereocenters. The minimum absolute atomic E-state index is 0.0467. The Morgan fingerprint density at radius 2 is 1.65 bits per heavy atom. The molecule has 0 saturated heterocycles. The number of carbonyl (C=O) groups is 2. The van der Waals surface area contributed by atoms with Crippen molar-refractivity contribution >= 4 is 12.0 Å². The van der Waals surface area contributed by atoms with Gasteiger partial charge in [0.2, 0.25) is 5.91 Å². The van der Waals surface area contributed by atoms with Gasteiger partial charge >= 0.3 is 6.09 Å².